The first-order valence-electron chi connectivity index (χ1n) is 8.06. The van der Waals surface area contributed by atoms with Gasteiger partial charge in [0.2, 0.25) is 5.91 Å². The minimum Gasteiger partial charge on any atom is -0.343 e. The van der Waals surface area contributed by atoms with E-state index in [9.17, 15) is 9.59 Å². The zero-order valence-electron chi connectivity index (χ0n) is 14.2. The van der Waals surface area contributed by atoms with Crippen molar-refractivity contribution >= 4 is 24.1 Å². The van der Waals surface area contributed by atoms with Crippen LogP contribution >= 0.6 is 12.4 Å². The Morgan fingerprint density at radius 3 is 2.48 bits per heavy atom. The van der Waals surface area contributed by atoms with Crippen molar-refractivity contribution in [1.82, 2.24) is 10.2 Å². The van der Waals surface area contributed by atoms with Crippen LogP contribution in [0.2, 0.25) is 0 Å². The first-order chi connectivity index (χ1) is 10.5. The zero-order chi connectivity index (χ0) is 16.1. The van der Waals surface area contributed by atoms with Gasteiger partial charge in [0, 0.05) is 31.5 Å². The summed E-state index contributed by atoms with van der Waals surface area (Å²) in [4.78, 5) is 26.5. The highest BCUT2D eigenvalue weighted by molar-refractivity contribution is 5.99. The molecule has 0 aromatic heterocycles. The summed E-state index contributed by atoms with van der Waals surface area (Å²) in [5.74, 6) is 0.138. The highest BCUT2D eigenvalue weighted by Crippen LogP contribution is 2.16. The second kappa shape index (κ2) is 9.04. The second-order valence-corrected chi connectivity index (χ2v) is 6.23. The number of nitrogens with zero attached hydrogens (tertiary/aromatic N) is 1. The Hall–Kier alpha value is -1.39. The number of hydrogen-bond acceptors (Lipinski definition) is 3. The van der Waals surface area contributed by atoms with Crippen molar-refractivity contribution in [2.24, 2.45) is 0 Å². The van der Waals surface area contributed by atoms with Gasteiger partial charge in [-0.15, -0.1) is 12.4 Å². The number of amides is 1. The van der Waals surface area contributed by atoms with Gasteiger partial charge in [0.05, 0.1) is 0 Å². The number of aryl methyl sites for hydroxylation is 2. The quantitative estimate of drug-likeness (QED) is 0.840. The summed E-state index contributed by atoms with van der Waals surface area (Å²) in [6.07, 6.45) is 2.57. The van der Waals surface area contributed by atoms with E-state index in [-0.39, 0.29) is 24.1 Å². The number of Topliss-reactive ketones (excluding diaryl/α,β-unsaturated/α-hetero) is 1. The first-order valence-corrected chi connectivity index (χ1v) is 8.06. The van der Waals surface area contributed by atoms with Crippen LogP contribution in [0.5, 0.6) is 0 Å². The highest BCUT2D eigenvalue weighted by Gasteiger charge is 2.22. The molecule has 0 aliphatic carbocycles. The third-order valence-electron chi connectivity index (χ3n) is 4.51. The molecule has 128 valence electrons. The molecule has 0 atom stereocenters. The Labute approximate surface area is 145 Å². The molecule has 0 saturated carbocycles. The Balaban J connectivity index is 0.00000264. The van der Waals surface area contributed by atoms with Gasteiger partial charge in [0.25, 0.3) is 0 Å². The van der Waals surface area contributed by atoms with Gasteiger partial charge in [-0.05, 0) is 51.4 Å². The van der Waals surface area contributed by atoms with Crippen LogP contribution in [0.4, 0.5) is 0 Å². The van der Waals surface area contributed by atoms with Gasteiger partial charge in [-0.3, -0.25) is 9.59 Å². The topological polar surface area (TPSA) is 49.4 Å². The molecular formula is C18H27ClN2O2. The molecule has 1 aromatic rings. The van der Waals surface area contributed by atoms with E-state index in [1.807, 2.05) is 44.0 Å². The fourth-order valence-electron chi connectivity index (χ4n) is 2.97. The maximum atomic E-state index is 12.3. The molecule has 0 unspecified atom stereocenters. The summed E-state index contributed by atoms with van der Waals surface area (Å²) in [6.45, 7) is 5.84. The second-order valence-electron chi connectivity index (χ2n) is 6.23. The molecule has 0 spiro atoms. The molecule has 1 aliphatic rings. The summed E-state index contributed by atoms with van der Waals surface area (Å²) in [5, 5.41) is 3.30. The minimum atomic E-state index is 0. The Bertz CT molecular complexity index is 554. The maximum absolute atomic E-state index is 12.3. The van der Waals surface area contributed by atoms with Crippen molar-refractivity contribution in [2.45, 2.75) is 45.6 Å². The third kappa shape index (κ3) is 5.33. The summed E-state index contributed by atoms with van der Waals surface area (Å²) in [5.41, 5.74) is 2.80. The molecule has 1 fully saturated rings. The molecule has 1 aliphatic heterocycles. The van der Waals surface area contributed by atoms with Gasteiger partial charge >= 0.3 is 0 Å². The number of halogens is 1. The fourth-order valence-corrected chi connectivity index (χ4v) is 2.97. The van der Waals surface area contributed by atoms with E-state index in [1.54, 1.807) is 0 Å². The molecule has 2 rings (SSSR count). The maximum Gasteiger partial charge on any atom is 0.223 e. The monoisotopic (exact) mass is 338 g/mol. The molecule has 1 N–H and O–H groups in total. The first kappa shape index (κ1) is 19.7. The number of ketones is 1. The van der Waals surface area contributed by atoms with Gasteiger partial charge in [-0.2, -0.15) is 0 Å². The summed E-state index contributed by atoms with van der Waals surface area (Å²) >= 11 is 0. The van der Waals surface area contributed by atoms with E-state index in [0.29, 0.717) is 18.9 Å². The molecule has 4 nitrogen and oxygen atoms in total. The number of nitrogens with one attached hydrogen (secondary N) is 1. The van der Waals surface area contributed by atoms with Gasteiger partial charge in [0.15, 0.2) is 5.78 Å². The van der Waals surface area contributed by atoms with Crippen LogP contribution in [-0.4, -0.2) is 42.8 Å². The molecule has 0 radical (unpaired) electrons. The van der Waals surface area contributed by atoms with Crippen LogP contribution in [0.3, 0.4) is 0 Å². The van der Waals surface area contributed by atoms with Crippen molar-refractivity contribution in [3.8, 4) is 0 Å². The van der Waals surface area contributed by atoms with Gasteiger partial charge in [-0.1, -0.05) is 17.7 Å². The van der Waals surface area contributed by atoms with E-state index in [2.05, 4.69) is 5.32 Å². The Morgan fingerprint density at radius 1 is 1.17 bits per heavy atom. The standard InChI is InChI=1S/C18H26N2O2.ClH/c1-13-4-5-14(2)16(12-13)17(21)6-7-18(22)20(3)15-8-10-19-11-9-15;/h4-5,12,15,19H,6-11H2,1-3H3;1H. The average molecular weight is 339 g/mol. The molecule has 0 bridgehead atoms. The summed E-state index contributed by atoms with van der Waals surface area (Å²) < 4.78 is 0. The van der Waals surface area contributed by atoms with Gasteiger partial charge in [-0.25, -0.2) is 0 Å². The summed E-state index contributed by atoms with van der Waals surface area (Å²) in [6, 6.07) is 6.19. The van der Waals surface area contributed by atoms with E-state index in [4.69, 9.17) is 0 Å². The van der Waals surface area contributed by atoms with E-state index >= 15 is 0 Å². The van der Waals surface area contributed by atoms with Crippen LogP contribution in [0.25, 0.3) is 0 Å². The molecule has 23 heavy (non-hydrogen) atoms. The predicted molar refractivity (Wildman–Crippen MR) is 95.4 cm³/mol. The highest BCUT2D eigenvalue weighted by atomic mass is 35.5. The fraction of sp³-hybridized carbons (Fsp3) is 0.556. The lowest BCUT2D eigenvalue weighted by atomic mass is 9.98. The number of carbonyl (C=O) groups excluding carboxylic acids is 2. The number of piperidine rings is 1. The molecule has 1 saturated heterocycles. The third-order valence-corrected chi connectivity index (χ3v) is 4.51. The van der Waals surface area contributed by atoms with Crippen molar-refractivity contribution in [3.05, 3.63) is 34.9 Å². The summed E-state index contributed by atoms with van der Waals surface area (Å²) in [7, 11) is 1.86. The van der Waals surface area contributed by atoms with Gasteiger partial charge in [0.1, 0.15) is 0 Å². The van der Waals surface area contributed by atoms with Crippen LogP contribution in [-0.2, 0) is 4.79 Å². The molecule has 5 heteroatoms. The van der Waals surface area contributed by atoms with Crippen LogP contribution in [0.1, 0.15) is 47.2 Å². The van der Waals surface area contributed by atoms with Crippen LogP contribution in [0, 0.1) is 13.8 Å². The largest absolute Gasteiger partial charge is 0.343 e. The van der Waals surface area contributed by atoms with E-state index in [1.165, 1.54) is 0 Å². The van der Waals surface area contributed by atoms with E-state index in [0.717, 1.165) is 42.6 Å². The number of benzene rings is 1. The van der Waals surface area contributed by atoms with Crippen molar-refractivity contribution in [1.29, 1.82) is 0 Å². The van der Waals surface area contributed by atoms with Crippen LogP contribution < -0.4 is 5.32 Å². The lowest BCUT2D eigenvalue weighted by Crippen LogP contribution is -2.44. The average Bonchev–Trinajstić information content (AvgIpc) is 2.54. The van der Waals surface area contributed by atoms with Gasteiger partial charge < -0.3 is 10.2 Å². The zero-order valence-corrected chi connectivity index (χ0v) is 15.0. The van der Waals surface area contributed by atoms with Crippen molar-refractivity contribution < 1.29 is 9.59 Å². The molecule has 1 amide bonds. The number of carbonyl (C=O) groups is 2. The Morgan fingerprint density at radius 2 is 1.83 bits per heavy atom. The predicted octanol–water partition coefficient (Wildman–Crippen LogP) is 2.90. The molecule has 1 aromatic carbocycles. The molecule has 1 heterocycles. The smallest absolute Gasteiger partial charge is 0.223 e. The number of hydrogen-bond donors (Lipinski definition) is 1. The molecular weight excluding hydrogens is 312 g/mol. The lowest BCUT2D eigenvalue weighted by molar-refractivity contribution is -0.132. The van der Waals surface area contributed by atoms with Crippen LogP contribution in [0.15, 0.2) is 18.2 Å². The van der Waals surface area contributed by atoms with E-state index < -0.39 is 0 Å². The van der Waals surface area contributed by atoms with Crippen molar-refractivity contribution in [3.63, 3.8) is 0 Å². The number of rotatable bonds is 5. The lowest BCUT2D eigenvalue weighted by Gasteiger charge is -2.31. The van der Waals surface area contributed by atoms with Crippen molar-refractivity contribution in [2.75, 3.05) is 20.1 Å². The normalized spacial score (nSPS) is 14.9. The minimum absolute atomic E-state index is 0. The Kier molecular flexibility index (Phi) is 7.73. The SMILES string of the molecule is Cc1ccc(C)c(C(=O)CCC(=O)N(C)C2CCNCC2)c1.Cl.